The lowest BCUT2D eigenvalue weighted by molar-refractivity contribution is 1.18. The maximum Gasteiger partial charge on any atom is 0.0907 e. The van der Waals surface area contributed by atoms with Crippen LogP contribution in [0.25, 0.3) is 11.6 Å². The van der Waals surface area contributed by atoms with Gasteiger partial charge in [0.15, 0.2) is 0 Å². The molecule has 0 saturated heterocycles. The molecule has 0 saturated carbocycles. The summed E-state index contributed by atoms with van der Waals surface area (Å²) in [5, 5.41) is 1.08. The molecular formula is C10H13NS. The van der Waals surface area contributed by atoms with Gasteiger partial charge in [-0.3, -0.25) is 0 Å². The Morgan fingerprint density at radius 2 is 2.33 bits per heavy atom. The van der Waals surface area contributed by atoms with Crippen molar-refractivity contribution in [3.05, 3.63) is 28.7 Å². The third kappa shape index (κ3) is 1.64. The summed E-state index contributed by atoms with van der Waals surface area (Å²) < 4.78 is 0. The zero-order valence-corrected chi connectivity index (χ0v) is 8.37. The number of nitrogens with zero attached hydrogens (tertiary/aromatic N) is 1. The monoisotopic (exact) mass is 179 g/mol. The van der Waals surface area contributed by atoms with Gasteiger partial charge in [0.2, 0.25) is 0 Å². The molecule has 0 atom stereocenters. The van der Waals surface area contributed by atoms with Gasteiger partial charge >= 0.3 is 0 Å². The van der Waals surface area contributed by atoms with Gasteiger partial charge in [-0.05, 0) is 25.0 Å². The highest BCUT2D eigenvalue weighted by Gasteiger charge is 2.07. The lowest BCUT2D eigenvalue weighted by atomic mass is 10.1. The fraction of sp³-hybridized carbons (Fsp3) is 0.300. The third-order valence-electron chi connectivity index (χ3n) is 1.71. The first-order valence-electron chi connectivity index (χ1n) is 3.97. The maximum absolute atomic E-state index is 4.40. The predicted molar refractivity (Wildman–Crippen MR) is 56.3 cm³/mol. The summed E-state index contributed by atoms with van der Waals surface area (Å²) >= 11 is 1.67. The number of aryl methyl sites for hydroxylation is 1. The van der Waals surface area contributed by atoms with E-state index in [1.165, 1.54) is 0 Å². The minimum Gasteiger partial charge on any atom is -0.241 e. The summed E-state index contributed by atoms with van der Waals surface area (Å²) in [6.07, 6.45) is 2.80. The molecule has 0 bridgehead atoms. The molecule has 0 amide bonds. The van der Waals surface area contributed by atoms with Crippen molar-refractivity contribution in [3.63, 3.8) is 0 Å². The van der Waals surface area contributed by atoms with Crippen molar-refractivity contribution in [3.8, 4) is 0 Å². The summed E-state index contributed by atoms with van der Waals surface area (Å²) in [6, 6.07) is 0. The number of rotatable bonds is 3. The van der Waals surface area contributed by atoms with E-state index >= 15 is 0 Å². The lowest BCUT2D eigenvalue weighted by Crippen LogP contribution is -1.83. The Morgan fingerprint density at radius 3 is 2.83 bits per heavy atom. The Bertz CT molecular complexity index is 310. The molecule has 64 valence electrons. The van der Waals surface area contributed by atoms with E-state index in [9.17, 15) is 0 Å². The first-order valence-corrected chi connectivity index (χ1v) is 4.78. The zero-order chi connectivity index (χ0) is 9.14. The second-order valence-electron chi connectivity index (χ2n) is 2.61. The van der Waals surface area contributed by atoms with Crippen molar-refractivity contribution in [2.45, 2.75) is 20.3 Å². The van der Waals surface area contributed by atoms with E-state index in [-0.39, 0.29) is 0 Å². The van der Waals surface area contributed by atoms with Crippen LogP contribution in [0.2, 0.25) is 0 Å². The molecule has 0 N–H and O–H groups in total. The molecule has 1 aromatic rings. The number of hydrogen-bond acceptors (Lipinski definition) is 2. The van der Waals surface area contributed by atoms with Gasteiger partial charge in [-0.15, -0.1) is 11.3 Å². The van der Waals surface area contributed by atoms with Crippen molar-refractivity contribution in [1.82, 2.24) is 4.98 Å². The van der Waals surface area contributed by atoms with Crippen LogP contribution in [0.4, 0.5) is 0 Å². The number of thiazole rings is 1. The molecule has 0 fully saturated rings. The molecule has 0 aromatic carbocycles. The van der Waals surface area contributed by atoms with Crippen molar-refractivity contribution in [2.24, 2.45) is 0 Å². The smallest absolute Gasteiger partial charge is 0.0907 e. The molecule has 1 aromatic heterocycles. The van der Waals surface area contributed by atoms with Crippen LogP contribution in [0, 0.1) is 6.92 Å². The quantitative estimate of drug-likeness (QED) is 0.692. The maximum atomic E-state index is 4.40. The molecular weight excluding hydrogens is 166 g/mol. The van der Waals surface area contributed by atoms with E-state index < -0.39 is 0 Å². The fourth-order valence-electron chi connectivity index (χ4n) is 1.00. The Labute approximate surface area is 77.5 Å². The van der Waals surface area contributed by atoms with Crippen LogP contribution in [0.3, 0.4) is 0 Å². The standard InChI is InChI=1S/C10H13NS/c1-5-7(3)10-9(6-2)12-8(4)11-10/h6H,2-3,5H2,1,4H3. The lowest BCUT2D eigenvalue weighted by Gasteiger charge is -1.97. The molecule has 0 unspecified atom stereocenters. The first kappa shape index (κ1) is 9.20. The molecule has 2 heteroatoms. The second kappa shape index (κ2) is 3.68. The van der Waals surface area contributed by atoms with Gasteiger partial charge in [0.25, 0.3) is 0 Å². The van der Waals surface area contributed by atoms with Crippen LogP contribution in [0.5, 0.6) is 0 Å². The van der Waals surface area contributed by atoms with Gasteiger partial charge in [0.1, 0.15) is 0 Å². The molecule has 0 radical (unpaired) electrons. The van der Waals surface area contributed by atoms with Gasteiger partial charge in [-0.25, -0.2) is 4.98 Å². The SMILES string of the molecule is C=Cc1sc(C)nc1C(=C)CC. The van der Waals surface area contributed by atoms with Crippen LogP contribution >= 0.6 is 11.3 Å². The molecule has 0 aliphatic heterocycles. The molecule has 12 heavy (non-hydrogen) atoms. The van der Waals surface area contributed by atoms with Crippen molar-refractivity contribution < 1.29 is 0 Å². The van der Waals surface area contributed by atoms with Crippen molar-refractivity contribution in [2.75, 3.05) is 0 Å². The largest absolute Gasteiger partial charge is 0.241 e. The predicted octanol–water partition coefficient (Wildman–Crippen LogP) is 3.52. The van der Waals surface area contributed by atoms with Crippen LogP contribution in [0.1, 0.15) is 28.9 Å². The zero-order valence-electron chi connectivity index (χ0n) is 7.55. The van der Waals surface area contributed by atoms with Gasteiger partial charge in [-0.1, -0.05) is 20.1 Å². The van der Waals surface area contributed by atoms with E-state index in [4.69, 9.17) is 0 Å². The van der Waals surface area contributed by atoms with E-state index in [1.807, 2.05) is 13.0 Å². The van der Waals surface area contributed by atoms with Gasteiger partial charge < -0.3 is 0 Å². The van der Waals surface area contributed by atoms with E-state index in [2.05, 4.69) is 25.1 Å². The highest BCUT2D eigenvalue weighted by atomic mass is 32.1. The molecule has 1 rings (SSSR count). The van der Waals surface area contributed by atoms with E-state index in [0.717, 1.165) is 27.6 Å². The first-order chi connectivity index (χ1) is 5.69. The summed E-state index contributed by atoms with van der Waals surface area (Å²) in [7, 11) is 0. The summed E-state index contributed by atoms with van der Waals surface area (Å²) in [5.41, 5.74) is 2.12. The summed E-state index contributed by atoms with van der Waals surface area (Å²) in [5.74, 6) is 0. The molecule has 1 heterocycles. The van der Waals surface area contributed by atoms with Crippen LogP contribution < -0.4 is 0 Å². The summed E-state index contributed by atoms with van der Waals surface area (Å²) in [4.78, 5) is 5.54. The van der Waals surface area contributed by atoms with Crippen LogP contribution in [-0.2, 0) is 0 Å². The Kier molecular flexibility index (Phi) is 2.82. The molecule has 0 aliphatic rings. The van der Waals surface area contributed by atoms with E-state index in [1.54, 1.807) is 11.3 Å². The molecule has 1 nitrogen and oxygen atoms in total. The van der Waals surface area contributed by atoms with Gasteiger partial charge in [0, 0.05) is 0 Å². The van der Waals surface area contributed by atoms with Crippen LogP contribution in [0.15, 0.2) is 13.2 Å². The Hall–Kier alpha value is -0.890. The minimum absolute atomic E-state index is 0.948. The fourth-order valence-corrected chi connectivity index (χ4v) is 1.83. The van der Waals surface area contributed by atoms with Gasteiger partial charge in [-0.2, -0.15) is 0 Å². The van der Waals surface area contributed by atoms with Crippen molar-refractivity contribution >= 4 is 23.0 Å². The molecule has 0 spiro atoms. The number of aromatic nitrogens is 1. The van der Waals surface area contributed by atoms with Crippen molar-refractivity contribution in [1.29, 1.82) is 0 Å². The topological polar surface area (TPSA) is 12.9 Å². The highest BCUT2D eigenvalue weighted by Crippen LogP contribution is 2.25. The average molecular weight is 179 g/mol. The second-order valence-corrected chi connectivity index (χ2v) is 3.84. The Balaban J connectivity index is 3.12. The molecule has 0 aliphatic carbocycles. The normalized spacial score (nSPS) is 9.83. The Morgan fingerprint density at radius 1 is 1.67 bits per heavy atom. The minimum atomic E-state index is 0.948. The summed E-state index contributed by atoms with van der Waals surface area (Å²) in [6.45, 7) is 11.8. The van der Waals surface area contributed by atoms with Gasteiger partial charge in [0.05, 0.1) is 15.6 Å². The number of hydrogen-bond donors (Lipinski definition) is 0. The third-order valence-corrected chi connectivity index (χ3v) is 2.67. The highest BCUT2D eigenvalue weighted by molar-refractivity contribution is 7.12. The van der Waals surface area contributed by atoms with Crippen LogP contribution in [-0.4, -0.2) is 4.98 Å². The van der Waals surface area contributed by atoms with E-state index in [0.29, 0.717) is 0 Å². The average Bonchev–Trinajstić information content (AvgIpc) is 2.45. The number of allylic oxidation sites excluding steroid dienone is 1.